The van der Waals surface area contributed by atoms with Gasteiger partial charge in [0.05, 0.1) is 24.3 Å². The lowest BCUT2D eigenvalue weighted by atomic mass is 9.94. The molecule has 1 aliphatic rings. The molecule has 2 unspecified atom stereocenters. The summed E-state index contributed by atoms with van der Waals surface area (Å²) in [6.07, 6.45) is 9.83. The smallest absolute Gasteiger partial charge is 0.226 e. The Morgan fingerprint density at radius 3 is 3.00 bits per heavy atom. The number of nitrogens with one attached hydrogen (secondary N) is 1. The summed E-state index contributed by atoms with van der Waals surface area (Å²) in [7, 11) is 0. The van der Waals surface area contributed by atoms with Crippen LogP contribution >= 0.6 is 11.3 Å². The van der Waals surface area contributed by atoms with Crippen LogP contribution in [0.4, 0.5) is 0 Å². The highest BCUT2D eigenvalue weighted by Gasteiger charge is 2.22. The third kappa shape index (κ3) is 3.63. The number of carbonyl (C=O) groups is 1. The lowest BCUT2D eigenvalue weighted by molar-refractivity contribution is -0.122. The van der Waals surface area contributed by atoms with Crippen LogP contribution < -0.4 is 5.32 Å². The second kappa shape index (κ2) is 6.58. The lowest BCUT2D eigenvalue weighted by Crippen LogP contribution is -2.44. The van der Waals surface area contributed by atoms with Crippen molar-refractivity contribution in [3.63, 3.8) is 0 Å². The van der Waals surface area contributed by atoms with Crippen molar-refractivity contribution in [2.24, 2.45) is 0 Å². The lowest BCUT2D eigenvalue weighted by Gasteiger charge is -2.26. The van der Waals surface area contributed by atoms with Crippen molar-refractivity contribution in [3.8, 4) is 0 Å². The first-order valence-corrected chi connectivity index (χ1v) is 8.49. The summed E-state index contributed by atoms with van der Waals surface area (Å²) >= 11 is 1.56. The van der Waals surface area contributed by atoms with Gasteiger partial charge in [0.2, 0.25) is 5.91 Å². The first-order valence-electron chi connectivity index (χ1n) is 7.61. The van der Waals surface area contributed by atoms with E-state index in [1.54, 1.807) is 11.3 Å². The molecule has 114 valence electrons. The van der Waals surface area contributed by atoms with E-state index >= 15 is 0 Å². The largest absolute Gasteiger partial charge is 0.391 e. The van der Waals surface area contributed by atoms with Crippen molar-refractivity contribution in [1.82, 2.24) is 14.7 Å². The van der Waals surface area contributed by atoms with Crippen LogP contribution in [-0.2, 0) is 11.2 Å². The Morgan fingerprint density at radius 2 is 2.19 bits per heavy atom. The number of hydrogen-bond donors (Lipinski definition) is 2. The molecular weight excluding hydrogens is 286 g/mol. The maximum atomic E-state index is 12.2. The maximum Gasteiger partial charge on any atom is 0.226 e. The van der Waals surface area contributed by atoms with Crippen molar-refractivity contribution < 1.29 is 9.90 Å². The van der Waals surface area contributed by atoms with Gasteiger partial charge < -0.3 is 10.4 Å². The Hall–Kier alpha value is -1.40. The van der Waals surface area contributed by atoms with Gasteiger partial charge in [-0.15, -0.1) is 11.3 Å². The Kier molecular flexibility index (Phi) is 4.55. The zero-order valence-corrected chi connectivity index (χ0v) is 12.8. The Labute approximate surface area is 128 Å². The van der Waals surface area contributed by atoms with Crippen LogP contribution in [0, 0.1) is 0 Å². The van der Waals surface area contributed by atoms with Gasteiger partial charge in [-0.2, -0.15) is 0 Å². The minimum absolute atomic E-state index is 0.0506. The van der Waals surface area contributed by atoms with Crippen molar-refractivity contribution >= 4 is 22.2 Å². The van der Waals surface area contributed by atoms with Crippen molar-refractivity contribution in [1.29, 1.82) is 0 Å². The number of aliphatic hydroxyl groups is 1. The molecule has 2 aromatic rings. The minimum Gasteiger partial charge on any atom is -0.391 e. The third-order valence-corrected chi connectivity index (χ3v) is 4.83. The average Bonchev–Trinajstić information content (AvgIpc) is 2.99. The van der Waals surface area contributed by atoms with Gasteiger partial charge in [0, 0.05) is 17.8 Å². The standard InChI is InChI=1S/C15H21N3O2S/c19-13-6-4-2-1-3-5-12(13)17-14(20)9-11-10-18-7-8-21-15(18)16-11/h7-8,10,12-13,19H,1-6,9H2,(H,17,20). The predicted octanol–water partition coefficient (Wildman–Crippen LogP) is 2.14. The van der Waals surface area contributed by atoms with Crippen LogP contribution in [-0.4, -0.2) is 32.5 Å². The molecule has 0 radical (unpaired) electrons. The molecule has 0 saturated heterocycles. The van der Waals surface area contributed by atoms with Gasteiger partial charge >= 0.3 is 0 Å². The topological polar surface area (TPSA) is 66.6 Å². The van der Waals surface area contributed by atoms with Crippen LogP contribution in [0.15, 0.2) is 17.8 Å². The first-order chi connectivity index (χ1) is 10.2. The van der Waals surface area contributed by atoms with E-state index in [2.05, 4.69) is 10.3 Å². The minimum atomic E-state index is -0.417. The molecule has 1 aliphatic carbocycles. The second-order valence-corrected chi connectivity index (χ2v) is 6.61. The molecule has 6 heteroatoms. The van der Waals surface area contributed by atoms with Gasteiger partial charge in [0.15, 0.2) is 4.96 Å². The quantitative estimate of drug-likeness (QED) is 0.913. The van der Waals surface area contributed by atoms with E-state index in [0.717, 1.165) is 36.3 Å². The summed E-state index contributed by atoms with van der Waals surface area (Å²) < 4.78 is 1.93. The number of aliphatic hydroxyl groups excluding tert-OH is 1. The molecule has 5 nitrogen and oxygen atoms in total. The number of aromatic nitrogens is 2. The van der Waals surface area contributed by atoms with Crippen LogP contribution in [0.5, 0.6) is 0 Å². The molecule has 21 heavy (non-hydrogen) atoms. The highest BCUT2D eigenvalue weighted by atomic mass is 32.1. The number of hydrogen-bond acceptors (Lipinski definition) is 4. The predicted molar refractivity (Wildman–Crippen MR) is 82.4 cm³/mol. The summed E-state index contributed by atoms with van der Waals surface area (Å²) in [5.74, 6) is -0.0506. The summed E-state index contributed by atoms with van der Waals surface area (Å²) in [5.41, 5.74) is 0.777. The number of fused-ring (bicyclic) bond motifs is 1. The number of rotatable bonds is 3. The SMILES string of the molecule is O=C(Cc1cn2ccsc2n1)NC1CCCCCCC1O. The summed E-state index contributed by atoms with van der Waals surface area (Å²) in [4.78, 5) is 17.5. The third-order valence-electron chi connectivity index (χ3n) is 4.06. The van der Waals surface area contributed by atoms with Crippen LogP contribution in [0.2, 0.25) is 0 Å². The van der Waals surface area contributed by atoms with E-state index in [1.165, 1.54) is 12.8 Å². The summed E-state index contributed by atoms with van der Waals surface area (Å²) in [6, 6.07) is -0.110. The normalized spacial score (nSPS) is 23.7. The van der Waals surface area contributed by atoms with E-state index in [9.17, 15) is 9.90 Å². The Bertz CT molecular complexity index is 578. The molecule has 0 spiro atoms. The van der Waals surface area contributed by atoms with Crippen molar-refractivity contribution in [2.45, 2.75) is 57.1 Å². The van der Waals surface area contributed by atoms with E-state index in [4.69, 9.17) is 0 Å². The van der Waals surface area contributed by atoms with Gasteiger partial charge in [0.25, 0.3) is 0 Å². The molecular formula is C15H21N3O2S. The van der Waals surface area contributed by atoms with Gasteiger partial charge in [-0.25, -0.2) is 4.98 Å². The fourth-order valence-electron chi connectivity index (χ4n) is 2.92. The van der Waals surface area contributed by atoms with E-state index < -0.39 is 6.10 Å². The molecule has 2 N–H and O–H groups in total. The van der Waals surface area contributed by atoms with Gasteiger partial charge in [-0.3, -0.25) is 9.20 Å². The summed E-state index contributed by atoms with van der Waals surface area (Å²) in [6.45, 7) is 0. The Morgan fingerprint density at radius 1 is 1.38 bits per heavy atom. The van der Waals surface area contributed by atoms with Crippen LogP contribution in [0.1, 0.15) is 44.2 Å². The summed E-state index contributed by atoms with van der Waals surface area (Å²) in [5, 5.41) is 15.1. The zero-order valence-electron chi connectivity index (χ0n) is 12.0. The number of thiazole rings is 1. The molecule has 1 fully saturated rings. The van der Waals surface area contributed by atoms with E-state index in [1.807, 2.05) is 22.2 Å². The van der Waals surface area contributed by atoms with Gasteiger partial charge in [0.1, 0.15) is 0 Å². The zero-order chi connectivity index (χ0) is 14.7. The maximum absolute atomic E-state index is 12.2. The van der Waals surface area contributed by atoms with Gasteiger partial charge in [-0.05, 0) is 12.8 Å². The second-order valence-electron chi connectivity index (χ2n) is 5.73. The first kappa shape index (κ1) is 14.5. The Balaban J connectivity index is 1.58. The number of amides is 1. The van der Waals surface area contributed by atoms with Gasteiger partial charge in [-0.1, -0.05) is 25.7 Å². The highest BCUT2D eigenvalue weighted by molar-refractivity contribution is 7.15. The van der Waals surface area contributed by atoms with Crippen molar-refractivity contribution in [3.05, 3.63) is 23.5 Å². The molecule has 0 aliphatic heterocycles. The molecule has 1 saturated carbocycles. The molecule has 2 heterocycles. The molecule has 2 atom stereocenters. The fourth-order valence-corrected chi connectivity index (χ4v) is 3.64. The monoisotopic (exact) mass is 307 g/mol. The molecule has 0 aromatic carbocycles. The average molecular weight is 307 g/mol. The number of carbonyl (C=O) groups excluding carboxylic acids is 1. The fraction of sp³-hybridized carbons (Fsp3) is 0.600. The molecule has 3 rings (SSSR count). The number of imidazole rings is 1. The van der Waals surface area contributed by atoms with E-state index in [-0.39, 0.29) is 18.4 Å². The van der Waals surface area contributed by atoms with E-state index in [0.29, 0.717) is 0 Å². The molecule has 1 amide bonds. The van der Waals surface area contributed by atoms with Crippen molar-refractivity contribution in [2.75, 3.05) is 0 Å². The molecule has 0 bridgehead atoms. The molecule has 2 aromatic heterocycles. The number of nitrogens with zero attached hydrogens (tertiary/aromatic N) is 2. The highest BCUT2D eigenvalue weighted by Crippen LogP contribution is 2.18. The van der Waals surface area contributed by atoms with Crippen LogP contribution in [0.25, 0.3) is 4.96 Å². The van der Waals surface area contributed by atoms with Crippen LogP contribution in [0.3, 0.4) is 0 Å².